The number of nitrogens with zero attached hydrogens (tertiary/aromatic N) is 1. The molecule has 1 fully saturated rings. The third-order valence-corrected chi connectivity index (χ3v) is 5.25. The van der Waals surface area contributed by atoms with E-state index in [0.29, 0.717) is 11.3 Å². The third kappa shape index (κ3) is 3.88. The lowest BCUT2D eigenvalue weighted by atomic mass is 9.95. The highest BCUT2D eigenvalue weighted by Gasteiger charge is 2.21. The van der Waals surface area contributed by atoms with Crippen LogP contribution in [0.25, 0.3) is 10.8 Å². The van der Waals surface area contributed by atoms with Gasteiger partial charge in [-0.25, -0.2) is 4.98 Å². The molecular weight excluding hydrogens is 350 g/mol. The van der Waals surface area contributed by atoms with Crippen LogP contribution in [0.3, 0.4) is 0 Å². The molecule has 1 aromatic heterocycles. The van der Waals surface area contributed by atoms with E-state index in [4.69, 9.17) is 0 Å². The molecule has 5 heteroatoms. The van der Waals surface area contributed by atoms with E-state index in [2.05, 4.69) is 15.6 Å². The van der Waals surface area contributed by atoms with Gasteiger partial charge in [-0.1, -0.05) is 55.7 Å². The molecule has 142 valence electrons. The van der Waals surface area contributed by atoms with Crippen LogP contribution < -0.4 is 10.6 Å². The molecule has 1 aliphatic carbocycles. The highest BCUT2D eigenvalue weighted by atomic mass is 16.2. The molecule has 0 radical (unpaired) electrons. The fourth-order valence-corrected chi connectivity index (χ4v) is 3.80. The van der Waals surface area contributed by atoms with Crippen molar-refractivity contribution in [1.29, 1.82) is 0 Å². The van der Waals surface area contributed by atoms with Gasteiger partial charge in [0.05, 0.1) is 5.69 Å². The van der Waals surface area contributed by atoms with Crippen molar-refractivity contribution in [3.05, 3.63) is 72.1 Å². The van der Waals surface area contributed by atoms with E-state index in [9.17, 15) is 9.59 Å². The van der Waals surface area contributed by atoms with Gasteiger partial charge in [0, 0.05) is 17.8 Å². The predicted octanol–water partition coefficient (Wildman–Crippen LogP) is 4.55. The Kier molecular flexibility index (Phi) is 5.33. The molecule has 2 amide bonds. The number of hydrogen-bond donors (Lipinski definition) is 2. The van der Waals surface area contributed by atoms with Crippen LogP contribution in [0.4, 0.5) is 5.69 Å². The number of rotatable bonds is 4. The van der Waals surface area contributed by atoms with Gasteiger partial charge in [0.1, 0.15) is 0 Å². The van der Waals surface area contributed by atoms with Crippen molar-refractivity contribution in [2.45, 2.75) is 38.1 Å². The van der Waals surface area contributed by atoms with Crippen molar-refractivity contribution in [1.82, 2.24) is 10.3 Å². The Morgan fingerprint density at radius 3 is 2.50 bits per heavy atom. The summed E-state index contributed by atoms with van der Waals surface area (Å²) in [5, 5.41) is 7.81. The van der Waals surface area contributed by atoms with Crippen LogP contribution in [0.15, 0.2) is 60.8 Å². The Balaban J connectivity index is 1.56. The summed E-state index contributed by atoms with van der Waals surface area (Å²) in [6, 6.07) is 17.0. The second-order valence-corrected chi connectivity index (χ2v) is 7.19. The summed E-state index contributed by atoms with van der Waals surface area (Å²) < 4.78 is 0. The predicted molar refractivity (Wildman–Crippen MR) is 110 cm³/mol. The Bertz CT molecular complexity index is 1000. The van der Waals surface area contributed by atoms with E-state index in [-0.39, 0.29) is 23.6 Å². The molecule has 2 N–H and O–H groups in total. The third-order valence-electron chi connectivity index (χ3n) is 5.25. The zero-order valence-corrected chi connectivity index (χ0v) is 15.7. The van der Waals surface area contributed by atoms with E-state index < -0.39 is 0 Å². The average molecular weight is 373 g/mol. The van der Waals surface area contributed by atoms with Gasteiger partial charge >= 0.3 is 0 Å². The number of anilines is 1. The first-order valence-electron chi connectivity index (χ1n) is 9.77. The van der Waals surface area contributed by atoms with Crippen molar-refractivity contribution < 1.29 is 9.59 Å². The van der Waals surface area contributed by atoms with Crippen molar-refractivity contribution >= 4 is 28.3 Å². The maximum atomic E-state index is 12.9. The maximum Gasteiger partial charge on any atom is 0.272 e. The fourth-order valence-electron chi connectivity index (χ4n) is 3.80. The molecule has 0 bridgehead atoms. The zero-order valence-electron chi connectivity index (χ0n) is 15.7. The quantitative estimate of drug-likeness (QED) is 0.705. The molecule has 5 nitrogen and oxygen atoms in total. The van der Waals surface area contributed by atoms with Crippen LogP contribution in [0.5, 0.6) is 0 Å². The zero-order chi connectivity index (χ0) is 19.3. The number of fused-ring (bicyclic) bond motifs is 1. The molecule has 0 aliphatic heterocycles. The van der Waals surface area contributed by atoms with Crippen LogP contribution in [0.1, 0.15) is 53.0 Å². The molecule has 1 saturated carbocycles. The van der Waals surface area contributed by atoms with E-state index in [1.54, 1.807) is 24.4 Å². The fraction of sp³-hybridized carbons (Fsp3) is 0.261. The number of hydrogen-bond acceptors (Lipinski definition) is 3. The van der Waals surface area contributed by atoms with Crippen LogP contribution in [0, 0.1) is 0 Å². The van der Waals surface area contributed by atoms with Gasteiger partial charge in [-0.3, -0.25) is 9.59 Å². The minimum Gasteiger partial charge on any atom is -0.348 e. The van der Waals surface area contributed by atoms with E-state index >= 15 is 0 Å². The molecule has 0 atom stereocenters. The van der Waals surface area contributed by atoms with Crippen molar-refractivity contribution in [2.24, 2.45) is 0 Å². The minimum atomic E-state index is -0.253. The van der Waals surface area contributed by atoms with E-state index in [0.717, 1.165) is 36.5 Å². The molecule has 0 saturated heterocycles. The number of carbonyl (C=O) groups excluding carboxylic acids is 2. The SMILES string of the molecule is O=C(NC1CCCCC1)c1ncccc1NC(=O)c1cccc2ccccc12. The number of nitrogens with one attached hydrogen (secondary N) is 2. The lowest BCUT2D eigenvalue weighted by Gasteiger charge is -2.23. The van der Waals surface area contributed by atoms with Gasteiger partial charge in [0.2, 0.25) is 0 Å². The van der Waals surface area contributed by atoms with Crippen molar-refractivity contribution in [3.8, 4) is 0 Å². The number of amides is 2. The second kappa shape index (κ2) is 8.21. The first-order chi connectivity index (χ1) is 13.7. The molecule has 28 heavy (non-hydrogen) atoms. The average Bonchev–Trinajstić information content (AvgIpc) is 2.74. The molecule has 4 rings (SSSR count). The number of pyridine rings is 1. The summed E-state index contributed by atoms with van der Waals surface area (Å²) in [4.78, 5) is 29.9. The van der Waals surface area contributed by atoms with Crippen LogP contribution >= 0.6 is 0 Å². The number of aromatic nitrogens is 1. The molecule has 1 heterocycles. The van der Waals surface area contributed by atoms with Crippen LogP contribution in [-0.2, 0) is 0 Å². The van der Waals surface area contributed by atoms with E-state index in [1.807, 2.05) is 36.4 Å². The normalized spacial score (nSPS) is 14.6. The molecule has 0 unspecified atom stereocenters. The lowest BCUT2D eigenvalue weighted by Crippen LogP contribution is -2.37. The largest absolute Gasteiger partial charge is 0.348 e. The summed E-state index contributed by atoms with van der Waals surface area (Å²) in [5.74, 6) is -0.489. The first kappa shape index (κ1) is 18.2. The summed E-state index contributed by atoms with van der Waals surface area (Å²) in [6.45, 7) is 0. The molecular formula is C23H23N3O2. The topological polar surface area (TPSA) is 71.1 Å². The molecule has 2 aromatic carbocycles. The van der Waals surface area contributed by atoms with Gasteiger partial charge < -0.3 is 10.6 Å². The van der Waals surface area contributed by atoms with Crippen LogP contribution in [0.2, 0.25) is 0 Å². The van der Waals surface area contributed by atoms with Gasteiger partial charge in [-0.15, -0.1) is 0 Å². The van der Waals surface area contributed by atoms with Gasteiger partial charge in [-0.05, 0) is 41.8 Å². The van der Waals surface area contributed by atoms with Gasteiger partial charge in [0.15, 0.2) is 5.69 Å². The highest BCUT2D eigenvalue weighted by Crippen LogP contribution is 2.22. The molecule has 3 aromatic rings. The van der Waals surface area contributed by atoms with Gasteiger partial charge in [0.25, 0.3) is 11.8 Å². The van der Waals surface area contributed by atoms with Crippen molar-refractivity contribution in [3.63, 3.8) is 0 Å². The molecule has 0 spiro atoms. The standard InChI is InChI=1S/C23H23N3O2/c27-22(19-13-6-9-16-8-4-5-12-18(16)19)26-20-14-7-15-24-21(20)23(28)25-17-10-2-1-3-11-17/h4-9,12-15,17H,1-3,10-11H2,(H,25,28)(H,26,27). The highest BCUT2D eigenvalue weighted by molar-refractivity contribution is 6.14. The Morgan fingerprint density at radius 2 is 1.64 bits per heavy atom. The Hall–Kier alpha value is -3.21. The van der Waals surface area contributed by atoms with E-state index in [1.165, 1.54) is 6.42 Å². The lowest BCUT2D eigenvalue weighted by molar-refractivity contribution is 0.0923. The van der Waals surface area contributed by atoms with Crippen LogP contribution in [-0.4, -0.2) is 22.8 Å². The molecule has 1 aliphatic rings. The number of benzene rings is 2. The smallest absolute Gasteiger partial charge is 0.272 e. The van der Waals surface area contributed by atoms with Gasteiger partial charge in [-0.2, -0.15) is 0 Å². The monoisotopic (exact) mass is 373 g/mol. The minimum absolute atomic E-state index is 0.185. The Labute approximate surface area is 164 Å². The van der Waals surface area contributed by atoms with Crippen molar-refractivity contribution in [2.75, 3.05) is 5.32 Å². The number of carbonyl (C=O) groups is 2. The Morgan fingerprint density at radius 1 is 0.857 bits per heavy atom. The summed E-state index contributed by atoms with van der Waals surface area (Å²) in [6.07, 6.45) is 7.06. The first-order valence-corrected chi connectivity index (χ1v) is 9.77. The summed E-state index contributed by atoms with van der Waals surface area (Å²) >= 11 is 0. The maximum absolute atomic E-state index is 12.9. The second-order valence-electron chi connectivity index (χ2n) is 7.19. The summed E-state index contributed by atoms with van der Waals surface area (Å²) in [5.41, 5.74) is 1.25. The summed E-state index contributed by atoms with van der Waals surface area (Å²) in [7, 11) is 0.